The van der Waals surface area contributed by atoms with Crippen molar-refractivity contribution in [1.82, 2.24) is 0 Å². The van der Waals surface area contributed by atoms with Crippen LogP contribution in [0.1, 0.15) is 11.9 Å². The van der Waals surface area contributed by atoms with Crippen LogP contribution in [0.3, 0.4) is 0 Å². The fraction of sp³-hybridized carbons (Fsp3) is 0.538. The molecule has 0 saturated carbocycles. The molecular weight excluding hydrogens is 236 g/mol. The number of aliphatic hydroxyl groups is 1. The first-order valence-electron chi connectivity index (χ1n) is 5.98. The Morgan fingerprint density at radius 1 is 1.17 bits per heavy atom. The zero-order chi connectivity index (χ0) is 12.5. The van der Waals surface area contributed by atoms with Crippen molar-refractivity contribution in [3.63, 3.8) is 0 Å². The van der Waals surface area contributed by atoms with E-state index in [1.165, 1.54) is 0 Å². The van der Waals surface area contributed by atoms with Crippen molar-refractivity contribution >= 4 is 0 Å². The van der Waals surface area contributed by atoms with E-state index in [1.807, 2.05) is 30.3 Å². The standard InChI is InChI=1S/C13H16O5/c1-15-13-11-10(9(14)7-16-13)17-12(18-11)8-5-3-2-4-6-8/h2-6,9-14H,7H2,1H3/t9-,10+,11+,12?,13+/m0/s1. The third-order valence-corrected chi connectivity index (χ3v) is 3.27. The van der Waals surface area contributed by atoms with E-state index >= 15 is 0 Å². The van der Waals surface area contributed by atoms with Crippen LogP contribution in [0.4, 0.5) is 0 Å². The Kier molecular flexibility index (Phi) is 3.32. The van der Waals surface area contributed by atoms with E-state index in [0.29, 0.717) is 0 Å². The molecule has 2 fully saturated rings. The molecular formula is C13H16O5. The van der Waals surface area contributed by atoms with E-state index in [0.717, 1.165) is 5.56 Å². The first-order chi connectivity index (χ1) is 8.79. The maximum Gasteiger partial charge on any atom is 0.186 e. The summed E-state index contributed by atoms with van der Waals surface area (Å²) in [5.74, 6) is 0. The van der Waals surface area contributed by atoms with Crippen molar-refractivity contribution < 1.29 is 24.1 Å². The third kappa shape index (κ3) is 2.04. The van der Waals surface area contributed by atoms with Crippen molar-refractivity contribution in [2.45, 2.75) is 30.9 Å². The van der Waals surface area contributed by atoms with Crippen LogP contribution in [0.25, 0.3) is 0 Å². The topological polar surface area (TPSA) is 57.2 Å². The molecule has 1 aromatic carbocycles. The fourth-order valence-corrected chi connectivity index (χ4v) is 2.35. The van der Waals surface area contributed by atoms with Crippen LogP contribution >= 0.6 is 0 Å². The van der Waals surface area contributed by atoms with Crippen molar-refractivity contribution in [3.05, 3.63) is 35.9 Å². The quantitative estimate of drug-likeness (QED) is 0.845. The Hall–Kier alpha value is -0.980. The maximum absolute atomic E-state index is 9.87. The minimum atomic E-state index is -0.685. The van der Waals surface area contributed by atoms with Crippen molar-refractivity contribution in [1.29, 1.82) is 0 Å². The summed E-state index contributed by atoms with van der Waals surface area (Å²) >= 11 is 0. The molecule has 98 valence electrons. The van der Waals surface area contributed by atoms with Gasteiger partial charge in [0.1, 0.15) is 18.3 Å². The molecule has 2 heterocycles. The molecule has 1 unspecified atom stereocenters. The average molecular weight is 252 g/mol. The number of ether oxygens (including phenoxy) is 4. The molecule has 0 amide bonds. The Labute approximate surface area is 105 Å². The normalized spacial score (nSPS) is 39.6. The highest BCUT2D eigenvalue weighted by Crippen LogP contribution is 2.37. The predicted octanol–water partition coefficient (Wildman–Crippen LogP) is 0.833. The van der Waals surface area contributed by atoms with Crippen LogP contribution in [-0.2, 0) is 18.9 Å². The van der Waals surface area contributed by atoms with Gasteiger partial charge < -0.3 is 24.1 Å². The molecule has 1 aromatic rings. The summed E-state index contributed by atoms with van der Waals surface area (Å²) in [6.07, 6.45) is -2.46. The molecule has 18 heavy (non-hydrogen) atoms. The van der Waals surface area contributed by atoms with Crippen LogP contribution in [0.5, 0.6) is 0 Å². The van der Waals surface area contributed by atoms with Gasteiger partial charge in [-0.3, -0.25) is 0 Å². The van der Waals surface area contributed by atoms with E-state index in [-0.39, 0.29) is 6.61 Å². The summed E-state index contributed by atoms with van der Waals surface area (Å²) in [5, 5.41) is 9.87. The second kappa shape index (κ2) is 4.95. The highest BCUT2D eigenvalue weighted by atomic mass is 16.8. The van der Waals surface area contributed by atoms with Crippen molar-refractivity contribution in [3.8, 4) is 0 Å². The molecule has 5 nitrogen and oxygen atoms in total. The number of benzene rings is 1. The molecule has 3 rings (SSSR count). The molecule has 0 radical (unpaired) electrons. The van der Waals surface area contributed by atoms with Gasteiger partial charge in [-0.25, -0.2) is 0 Å². The Bertz CT molecular complexity index is 396. The summed E-state index contributed by atoms with van der Waals surface area (Å²) in [6.45, 7) is 0.199. The van der Waals surface area contributed by atoms with E-state index in [2.05, 4.69) is 0 Å². The molecule has 0 aromatic heterocycles. The molecule has 0 aliphatic carbocycles. The Morgan fingerprint density at radius 3 is 2.61 bits per heavy atom. The summed E-state index contributed by atoms with van der Waals surface area (Å²) in [5.41, 5.74) is 0.925. The number of rotatable bonds is 2. The summed E-state index contributed by atoms with van der Waals surface area (Å²) in [4.78, 5) is 0. The lowest BCUT2D eigenvalue weighted by molar-refractivity contribution is -0.235. The van der Waals surface area contributed by atoms with Gasteiger partial charge in [-0.15, -0.1) is 0 Å². The maximum atomic E-state index is 9.87. The monoisotopic (exact) mass is 252 g/mol. The molecule has 5 heteroatoms. The van der Waals surface area contributed by atoms with Crippen molar-refractivity contribution in [2.75, 3.05) is 13.7 Å². The first-order valence-corrected chi connectivity index (χ1v) is 5.98. The minimum Gasteiger partial charge on any atom is -0.388 e. The summed E-state index contributed by atoms with van der Waals surface area (Å²) < 4.78 is 22.1. The highest BCUT2D eigenvalue weighted by molar-refractivity contribution is 5.17. The van der Waals surface area contributed by atoms with Crippen LogP contribution in [-0.4, -0.2) is 43.4 Å². The van der Waals surface area contributed by atoms with Gasteiger partial charge in [0.05, 0.1) is 6.61 Å². The minimum absolute atomic E-state index is 0.199. The lowest BCUT2D eigenvalue weighted by Crippen LogP contribution is -2.51. The lowest BCUT2D eigenvalue weighted by atomic mass is 10.1. The predicted molar refractivity (Wildman–Crippen MR) is 61.7 cm³/mol. The number of hydrogen-bond acceptors (Lipinski definition) is 5. The van der Waals surface area contributed by atoms with Gasteiger partial charge in [0.15, 0.2) is 12.6 Å². The zero-order valence-electron chi connectivity index (χ0n) is 10.1. The molecule has 0 spiro atoms. The summed E-state index contributed by atoms with van der Waals surface area (Å²) in [6, 6.07) is 9.63. The number of aliphatic hydroxyl groups excluding tert-OH is 1. The van der Waals surface area contributed by atoms with E-state index in [9.17, 15) is 5.11 Å². The molecule has 2 aliphatic rings. The Morgan fingerprint density at radius 2 is 1.89 bits per heavy atom. The fourth-order valence-electron chi connectivity index (χ4n) is 2.35. The van der Waals surface area contributed by atoms with Crippen LogP contribution < -0.4 is 0 Å². The number of methoxy groups -OCH3 is 1. The first kappa shape index (κ1) is 12.1. The van der Waals surface area contributed by atoms with Gasteiger partial charge in [0, 0.05) is 12.7 Å². The van der Waals surface area contributed by atoms with Gasteiger partial charge >= 0.3 is 0 Å². The Balaban J connectivity index is 1.79. The van der Waals surface area contributed by atoms with E-state index < -0.39 is 30.9 Å². The largest absolute Gasteiger partial charge is 0.388 e. The van der Waals surface area contributed by atoms with Gasteiger partial charge in [-0.2, -0.15) is 0 Å². The molecule has 2 saturated heterocycles. The average Bonchev–Trinajstić information content (AvgIpc) is 2.86. The van der Waals surface area contributed by atoms with E-state index in [1.54, 1.807) is 7.11 Å². The van der Waals surface area contributed by atoms with Crippen LogP contribution in [0, 0.1) is 0 Å². The third-order valence-electron chi connectivity index (χ3n) is 3.27. The van der Waals surface area contributed by atoms with Gasteiger partial charge in [0.25, 0.3) is 0 Å². The van der Waals surface area contributed by atoms with Crippen LogP contribution in [0.2, 0.25) is 0 Å². The second-order valence-electron chi connectivity index (χ2n) is 4.45. The van der Waals surface area contributed by atoms with Gasteiger partial charge in [-0.05, 0) is 0 Å². The van der Waals surface area contributed by atoms with E-state index in [4.69, 9.17) is 18.9 Å². The number of fused-ring (bicyclic) bond motifs is 1. The second-order valence-corrected chi connectivity index (χ2v) is 4.45. The zero-order valence-corrected chi connectivity index (χ0v) is 10.1. The summed E-state index contributed by atoms with van der Waals surface area (Å²) in [7, 11) is 1.55. The van der Waals surface area contributed by atoms with Gasteiger partial charge in [0.2, 0.25) is 0 Å². The molecule has 5 atom stereocenters. The highest BCUT2D eigenvalue weighted by Gasteiger charge is 2.49. The number of hydrogen-bond donors (Lipinski definition) is 1. The SMILES string of the molecule is CO[C@@H]1OC[C@H](O)[C@H]2OC(c3ccccc3)O[C@@H]12. The molecule has 0 bridgehead atoms. The molecule has 2 aliphatic heterocycles. The van der Waals surface area contributed by atoms with Crippen molar-refractivity contribution in [2.24, 2.45) is 0 Å². The smallest absolute Gasteiger partial charge is 0.186 e. The van der Waals surface area contributed by atoms with Gasteiger partial charge in [-0.1, -0.05) is 30.3 Å². The van der Waals surface area contributed by atoms with Crippen LogP contribution in [0.15, 0.2) is 30.3 Å². The molecule has 1 N–H and O–H groups in total. The lowest BCUT2D eigenvalue weighted by Gasteiger charge is -2.33.